The van der Waals surface area contributed by atoms with Crippen molar-refractivity contribution in [3.8, 4) is 22.5 Å². The molecular formula is C27H16N2O2. The summed E-state index contributed by atoms with van der Waals surface area (Å²) in [6.45, 7) is 0. The Balaban J connectivity index is 1.74. The zero-order chi connectivity index (χ0) is 20.8. The van der Waals surface area contributed by atoms with Crippen molar-refractivity contribution in [2.24, 2.45) is 0 Å². The van der Waals surface area contributed by atoms with Gasteiger partial charge in [-0.05, 0) is 35.4 Å². The van der Waals surface area contributed by atoms with E-state index in [-0.39, 0.29) is 0 Å². The zero-order valence-electron chi connectivity index (χ0n) is 16.4. The molecule has 4 nitrogen and oxygen atoms in total. The maximum Gasteiger partial charge on any atom is 0.363 e. The molecule has 6 aromatic rings. The molecule has 0 fully saturated rings. The smallest absolute Gasteiger partial charge is 0.363 e. The quantitative estimate of drug-likeness (QED) is 0.256. The Kier molecular flexibility index (Phi) is 3.90. The van der Waals surface area contributed by atoms with Crippen LogP contribution in [0, 0.1) is 0 Å². The van der Waals surface area contributed by atoms with Crippen molar-refractivity contribution in [1.82, 2.24) is 9.97 Å². The number of fused-ring (bicyclic) bond motifs is 4. The molecule has 3 aromatic carbocycles. The Bertz CT molecular complexity index is 1650. The summed E-state index contributed by atoms with van der Waals surface area (Å²) in [5, 5.41) is 2.71. The summed E-state index contributed by atoms with van der Waals surface area (Å²) in [5.41, 5.74) is 4.58. The average molecular weight is 400 g/mol. The van der Waals surface area contributed by atoms with Gasteiger partial charge in [0.15, 0.2) is 5.52 Å². The molecule has 3 aromatic heterocycles. The van der Waals surface area contributed by atoms with Crippen molar-refractivity contribution in [3.63, 3.8) is 0 Å². The summed E-state index contributed by atoms with van der Waals surface area (Å²) in [7, 11) is 0. The molecule has 0 aliphatic heterocycles. The van der Waals surface area contributed by atoms with Gasteiger partial charge in [-0.3, -0.25) is 0 Å². The number of pyridine rings is 2. The molecule has 146 valence electrons. The predicted octanol–water partition coefficient (Wildman–Crippen LogP) is 6.22. The first-order chi connectivity index (χ1) is 15.3. The van der Waals surface area contributed by atoms with Crippen LogP contribution in [0.1, 0.15) is 0 Å². The van der Waals surface area contributed by atoms with Crippen molar-refractivity contribution in [2.75, 3.05) is 0 Å². The molecule has 0 aliphatic rings. The highest BCUT2D eigenvalue weighted by molar-refractivity contribution is 6.11. The normalized spacial score (nSPS) is 11.4. The lowest BCUT2D eigenvalue weighted by atomic mass is 9.97. The minimum Gasteiger partial charge on any atom is -0.421 e. The van der Waals surface area contributed by atoms with E-state index in [4.69, 9.17) is 14.4 Å². The highest BCUT2D eigenvalue weighted by Gasteiger charge is 2.17. The Morgan fingerprint density at radius 1 is 0.677 bits per heavy atom. The van der Waals surface area contributed by atoms with Crippen LogP contribution in [0.15, 0.2) is 106 Å². The Morgan fingerprint density at radius 3 is 2.35 bits per heavy atom. The van der Waals surface area contributed by atoms with Gasteiger partial charge in [-0.15, -0.1) is 0 Å². The molecule has 0 saturated carbocycles. The van der Waals surface area contributed by atoms with Crippen LogP contribution in [0.3, 0.4) is 0 Å². The number of aromatic nitrogens is 2. The first kappa shape index (κ1) is 17.5. The summed E-state index contributed by atoms with van der Waals surface area (Å²) in [5.74, 6) is 0. The van der Waals surface area contributed by atoms with Crippen LogP contribution in [0.4, 0.5) is 0 Å². The van der Waals surface area contributed by atoms with Crippen molar-refractivity contribution in [3.05, 3.63) is 107 Å². The molecule has 0 spiro atoms. The van der Waals surface area contributed by atoms with Crippen molar-refractivity contribution in [2.45, 2.75) is 0 Å². The van der Waals surface area contributed by atoms with E-state index < -0.39 is 5.63 Å². The van der Waals surface area contributed by atoms with Gasteiger partial charge in [-0.1, -0.05) is 72.8 Å². The lowest BCUT2D eigenvalue weighted by Crippen LogP contribution is -2.05. The Hall–Kier alpha value is -4.31. The second kappa shape index (κ2) is 6.89. The highest BCUT2D eigenvalue weighted by atomic mass is 16.4. The number of hydrogen-bond acceptors (Lipinski definition) is 4. The van der Waals surface area contributed by atoms with Gasteiger partial charge < -0.3 is 4.42 Å². The maximum atomic E-state index is 12.9. The molecule has 0 atom stereocenters. The highest BCUT2D eigenvalue weighted by Crippen LogP contribution is 2.35. The molecule has 0 N–H and O–H groups in total. The fourth-order valence-corrected chi connectivity index (χ4v) is 4.06. The third-order valence-electron chi connectivity index (χ3n) is 5.52. The van der Waals surface area contributed by atoms with E-state index in [0.717, 1.165) is 32.8 Å². The second-order valence-electron chi connectivity index (χ2n) is 7.42. The second-order valence-corrected chi connectivity index (χ2v) is 7.42. The third kappa shape index (κ3) is 2.89. The molecule has 6 rings (SSSR count). The van der Waals surface area contributed by atoms with Gasteiger partial charge in [0.05, 0.1) is 16.9 Å². The van der Waals surface area contributed by atoms with Gasteiger partial charge in [0, 0.05) is 16.2 Å². The van der Waals surface area contributed by atoms with Gasteiger partial charge in [0.25, 0.3) is 0 Å². The van der Waals surface area contributed by atoms with Crippen molar-refractivity contribution < 1.29 is 4.42 Å². The van der Waals surface area contributed by atoms with Gasteiger partial charge in [0.2, 0.25) is 0 Å². The minimum absolute atomic E-state index is 0.310. The van der Waals surface area contributed by atoms with E-state index in [1.165, 1.54) is 0 Å². The number of para-hydroxylation sites is 2. The number of benzene rings is 3. The van der Waals surface area contributed by atoms with E-state index in [9.17, 15) is 4.79 Å². The summed E-state index contributed by atoms with van der Waals surface area (Å²) in [6, 6.07) is 31.5. The monoisotopic (exact) mass is 400 g/mol. The molecule has 0 amide bonds. The lowest BCUT2D eigenvalue weighted by Gasteiger charge is -2.12. The largest absolute Gasteiger partial charge is 0.421 e. The topological polar surface area (TPSA) is 56.0 Å². The van der Waals surface area contributed by atoms with Crippen LogP contribution in [-0.2, 0) is 0 Å². The van der Waals surface area contributed by atoms with Crippen molar-refractivity contribution >= 4 is 32.8 Å². The first-order valence-corrected chi connectivity index (χ1v) is 10.1. The Morgan fingerprint density at radius 2 is 1.45 bits per heavy atom. The van der Waals surface area contributed by atoms with Gasteiger partial charge in [-0.25, -0.2) is 14.8 Å². The maximum absolute atomic E-state index is 12.9. The Labute approximate surface area is 177 Å². The number of rotatable bonds is 2. The molecule has 0 saturated heterocycles. The van der Waals surface area contributed by atoms with Crippen LogP contribution < -0.4 is 5.63 Å². The van der Waals surface area contributed by atoms with E-state index in [1.807, 2.05) is 97.1 Å². The fourth-order valence-electron chi connectivity index (χ4n) is 4.06. The van der Waals surface area contributed by atoms with Crippen LogP contribution >= 0.6 is 0 Å². The standard InChI is InChI=1S/C27H16N2O2/c30-27-26-25(19-11-5-7-13-24(19)31-27)20(17-8-2-1-3-9-17)16-23(29-26)22-15-14-18-10-4-6-12-21(18)28-22/h1-16H. The van der Waals surface area contributed by atoms with E-state index in [1.54, 1.807) is 0 Å². The molecule has 0 unspecified atom stereocenters. The van der Waals surface area contributed by atoms with Crippen LogP contribution in [0.2, 0.25) is 0 Å². The molecule has 0 bridgehead atoms. The van der Waals surface area contributed by atoms with E-state index in [2.05, 4.69) is 0 Å². The van der Waals surface area contributed by atoms with Crippen LogP contribution in [0.25, 0.3) is 55.3 Å². The SMILES string of the molecule is O=c1oc2ccccc2c2c(-c3ccccc3)cc(-c3ccc4ccccc4n3)nc12. The lowest BCUT2D eigenvalue weighted by molar-refractivity contribution is 0.568. The average Bonchev–Trinajstić information content (AvgIpc) is 2.84. The summed E-state index contributed by atoms with van der Waals surface area (Å²) in [6.07, 6.45) is 0. The van der Waals surface area contributed by atoms with Gasteiger partial charge in [-0.2, -0.15) is 0 Å². The molecule has 3 heterocycles. The van der Waals surface area contributed by atoms with Crippen molar-refractivity contribution in [1.29, 1.82) is 0 Å². The molecule has 31 heavy (non-hydrogen) atoms. The summed E-state index contributed by atoms with van der Waals surface area (Å²) < 4.78 is 5.59. The molecule has 0 radical (unpaired) electrons. The number of hydrogen-bond donors (Lipinski definition) is 0. The minimum atomic E-state index is -0.450. The molecule has 4 heteroatoms. The summed E-state index contributed by atoms with van der Waals surface area (Å²) in [4.78, 5) is 22.4. The van der Waals surface area contributed by atoms with Crippen LogP contribution in [0.5, 0.6) is 0 Å². The van der Waals surface area contributed by atoms with E-state index in [0.29, 0.717) is 22.5 Å². The van der Waals surface area contributed by atoms with E-state index >= 15 is 0 Å². The van der Waals surface area contributed by atoms with Gasteiger partial charge >= 0.3 is 5.63 Å². The summed E-state index contributed by atoms with van der Waals surface area (Å²) >= 11 is 0. The third-order valence-corrected chi connectivity index (χ3v) is 5.52. The molecule has 0 aliphatic carbocycles. The predicted molar refractivity (Wildman–Crippen MR) is 124 cm³/mol. The molecular weight excluding hydrogens is 384 g/mol. The zero-order valence-corrected chi connectivity index (χ0v) is 16.4. The number of nitrogens with zero attached hydrogens (tertiary/aromatic N) is 2. The van der Waals surface area contributed by atoms with Crippen LogP contribution in [-0.4, -0.2) is 9.97 Å². The first-order valence-electron chi connectivity index (χ1n) is 10.1. The van der Waals surface area contributed by atoms with Gasteiger partial charge in [0.1, 0.15) is 5.58 Å². The fraction of sp³-hybridized carbons (Fsp3) is 0.